The van der Waals surface area contributed by atoms with Crippen LogP contribution in [0.25, 0.3) is 5.69 Å². The number of nitrogens with zero attached hydrogens (tertiary/aromatic N) is 1. The van der Waals surface area contributed by atoms with Crippen molar-refractivity contribution in [2.45, 2.75) is 19.4 Å². The Balaban J connectivity index is 2.25. The number of aliphatic hydroxyl groups is 1. The zero-order valence-electron chi connectivity index (χ0n) is 14.9. The average molecular weight is 343 g/mol. The molecule has 25 heavy (non-hydrogen) atoms. The zero-order chi connectivity index (χ0) is 18.2. The fourth-order valence-electron chi connectivity index (χ4n) is 2.80. The van der Waals surface area contributed by atoms with Crippen LogP contribution in [0.4, 0.5) is 0 Å². The quantitative estimate of drug-likeness (QED) is 0.748. The molecule has 1 aromatic carbocycles. The number of pyridine rings is 1. The number of hydrogen-bond acceptors (Lipinski definition) is 4. The van der Waals surface area contributed by atoms with Crippen molar-refractivity contribution in [2.24, 2.45) is 5.92 Å². The van der Waals surface area contributed by atoms with Crippen molar-refractivity contribution < 1.29 is 14.6 Å². The first-order valence-electron chi connectivity index (χ1n) is 8.28. The van der Waals surface area contributed by atoms with Crippen molar-refractivity contribution in [2.75, 3.05) is 20.8 Å². The van der Waals surface area contributed by atoms with Crippen LogP contribution in [-0.4, -0.2) is 30.5 Å². The van der Waals surface area contributed by atoms with Gasteiger partial charge in [-0.3, -0.25) is 9.36 Å². The van der Waals surface area contributed by atoms with E-state index < -0.39 is 0 Å². The second-order valence-corrected chi connectivity index (χ2v) is 5.80. The summed E-state index contributed by atoms with van der Waals surface area (Å²) in [4.78, 5) is 12.3. The van der Waals surface area contributed by atoms with Crippen LogP contribution in [0.1, 0.15) is 25.0 Å². The third-order valence-electron chi connectivity index (χ3n) is 4.10. The maximum atomic E-state index is 12.3. The van der Waals surface area contributed by atoms with E-state index in [2.05, 4.69) is 6.92 Å². The van der Waals surface area contributed by atoms with E-state index in [-0.39, 0.29) is 24.2 Å². The molecule has 0 saturated heterocycles. The van der Waals surface area contributed by atoms with Crippen LogP contribution in [0.5, 0.6) is 5.75 Å². The van der Waals surface area contributed by atoms with Gasteiger partial charge in [0.1, 0.15) is 0 Å². The molecule has 0 aliphatic heterocycles. The van der Waals surface area contributed by atoms with Gasteiger partial charge in [-0.05, 0) is 36.2 Å². The van der Waals surface area contributed by atoms with Gasteiger partial charge in [-0.25, -0.2) is 0 Å². The number of methoxy groups -OCH3 is 2. The van der Waals surface area contributed by atoms with Gasteiger partial charge in [-0.1, -0.05) is 31.2 Å². The van der Waals surface area contributed by atoms with Gasteiger partial charge >= 0.3 is 0 Å². The highest BCUT2D eigenvalue weighted by Gasteiger charge is 2.16. The Kier molecular flexibility index (Phi) is 6.98. The molecule has 0 radical (unpaired) electrons. The van der Waals surface area contributed by atoms with Gasteiger partial charge in [0.25, 0.3) is 5.56 Å². The highest BCUT2D eigenvalue weighted by molar-refractivity contribution is 5.37. The van der Waals surface area contributed by atoms with Gasteiger partial charge in [0.2, 0.25) is 0 Å². The smallest absolute Gasteiger partial charge is 0.297 e. The van der Waals surface area contributed by atoms with E-state index in [0.29, 0.717) is 12.2 Å². The predicted molar refractivity (Wildman–Crippen MR) is 98.3 cm³/mol. The molecule has 0 aliphatic carbocycles. The third-order valence-corrected chi connectivity index (χ3v) is 4.10. The van der Waals surface area contributed by atoms with Crippen molar-refractivity contribution >= 4 is 0 Å². The SMILES string of the molecule is COc1cccn(-c2ccc([C@@H](OC)[C@H](C)/C=C/CCO)cc2)c1=O. The van der Waals surface area contributed by atoms with Gasteiger partial charge in [0.15, 0.2) is 5.75 Å². The van der Waals surface area contributed by atoms with Crippen molar-refractivity contribution in [1.82, 2.24) is 4.57 Å². The minimum absolute atomic E-state index is 0.0916. The summed E-state index contributed by atoms with van der Waals surface area (Å²) in [5.74, 6) is 0.478. The maximum Gasteiger partial charge on any atom is 0.297 e. The molecular formula is C20H25NO4. The lowest BCUT2D eigenvalue weighted by atomic mass is 9.96. The first-order valence-corrected chi connectivity index (χ1v) is 8.28. The number of aromatic nitrogens is 1. The lowest BCUT2D eigenvalue weighted by Crippen LogP contribution is -2.19. The van der Waals surface area contributed by atoms with E-state index in [1.807, 2.05) is 36.4 Å². The molecule has 1 N–H and O–H groups in total. The maximum absolute atomic E-state index is 12.3. The Hall–Kier alpha value is -2.37. The van der Waals surface area contributed by atoms with Crippen molar-refractivity contribution in [3.05, 3.63) is 70.7 Å². The minimum atomic E-state index is -0.193. The molecule has 2 rings (SSSR count). The second-order valence-electron chi connectivity index (χ2n) is 5.80. The molecule has 0 amide bonds. The second kappa shape index (κ2) is 9.20. The van der Waals surface area contributed by atoms with Crippen molar-refractivity contribution in [1.29, 1.82) is 0 Å². The first-order chi connectivity index (χ1) is 12.1. The lowest BCUT2D eigenvalue weighted by Gasteiger charge is -2.21. The van der Waals surface area contributed by atoms with Crippen LogP contribution in [0.2, 0.25) is 0 Å². The predicted octanol–water partition coefficient (Wildman–Crippen LogP) is 3.11. The zero-order valence-corrected chi connectivity index (χ0v) is 14.9. The van der Waals surface area contributed by atoms with Crippen LogP contribution in [0, 0.1) is 5.92 Å². The highest BCUT2D eigenvalue weighted by atomic mass is 16.5. The first kappa shape index (κ1) is 19.0. The Morgan fingerprint density at radius 3 is 2.52 bits per heavy atom. The van der Waals surface area contributed by atoms with E-state index >= 15 is 0 Å². The van der Waals surface area contributed by atoms with E-state index in [4.69, 9.17) is 14.6 Å². The Bertz CT molecular complexity index is 749. The molecule has 5 heteroatoms. The number of benzene rings is 1. The van der Waals surface area contributed by atoms with E-state index in [1.165, 1.54) is 7.11 Å². The summed E-state index contributed by atoms with van der Waals surface area (Å²) < 4.78 is 12.3. The van der Waals surface area contributed by atoms with E-state index in [0.717, 1.165) is 11.3 Å². The molecule has 0 unspecified atom stereocenters. The number of hydrogen-bond donors (Lipinski definition) is 1. The standard InChI is InChI=1S/C20H25NO4/c1-15(7-4-5-14-22)19(25-3)16-9-11-17(12-10-16)21-13-6-8-18(24-2)20(21)23/h4,6-13,15,19,22H,5,14H2,1-3H3/b7-4+/t15-,19+/m1/s1. The Labute approximate surface area is 148 Å². The molecule has 0 saturated carbocycles. The molecule has 2 aromatic rings. The highest BCUT2D eigenvalue weighted by Crippen LogP contribution is 2.27. The Morgan fingerprint density at radius 1 is 1.20 bits per heavy atom. The van der Waals surface area contributed by atoms with E-state index in [1.54, 1.807) is 30.0 Å². The number of aliphatic hydroxyl groups excluding tert-OH is 1. The van der Waals surface area contributed by atoms with Gasteiger partial charge in [0, 0.05) is 31.5 Å². The summed E-state index contributed by atoms with van der Waals surface area (Å²) in [5.41, 5.74) is 1.61. The molecule has 0 bridgehead atoms. The normalized spacial score (nSPS) is 13.8. The molecule has 134 valence electrons. The fraction of sp³-hybridized carbons (Fsp3) is 0.350. The summed E-state index contributed by atoms with van der Waals surface area (Å²) in [6.45, 7) is 2.22. The van der Waals surface area contributed by atoms with Gasteiger partial charge in [0.05, 0.1) is 13.2 Å². The van der Waals surface area contributed by atoms with Gasteiger partial charge in [-0.15, -0.1) is 0 Å². The minimum Gasteiger partial charge on any atom is -0.491 e. The van der Waals surface area contributed by atoms with Crippen molar-refractivity contribution in [3.63, 3.8) is 0 Å². The van der Waals surface area contributed by atoms with Crippen LogP contribution in [-0.2, 0) is 4.74 Å². The van der Waals surface area contributed by atoms with E-state index in [9.17, 15) is 4.79 Å². The Morgan fingerprint density at radius 2 is 1.92 bits per heavy atom. The van der Waals surface area contributed by atoms with Crippen LogP contribution >= 0.6 is 0 Å². The average Bonchev–Trinajstić information content (AvgIpc) is 2.63. The lowest BCUT2D eigenvalue weighted by molar-refractivity contribution is 0.0740. The summed E-state index contributed by atoms with van der Waals surface area (Å²) in [6.07, 6.45) is 6.27. The largest absolute Gasteiger partial charge is 0.491 e. The number of rotatable bonds is 8. The molecule has 1 heterocycles. The summed E-state index contributed by atoms with van der Waals surface area (Å²) >= 11 is 0. The van der Waals surface area contributed by atoms with Crippen molar-refractivity contribution in [3.8, 4) is 11.4 Å². The molecule has 0 spiro atoms. The van der Waals surface area contributed by atoms with Gasteiger partial charge in [-0.2, -0.15) is 0 Å². The molecule has 2 atom stereocenters. The summed E-state index contributed by atoms with van der Waals surface area (Å²) in [7, 11) is 3.17. The molecule has 5 nitrogen and oxygen atoms in total. The summed E-state index contributed by atoms with van der Waals surface area (Å²) in [5, 5.41) is 8.87. The van der Waals surface area contributed by atoms with Gasteiger partial charge < -0.3 is 14.6 Å². The van der Waals surface area contributed by atoms with Crippen LogP contribution in [0.3, 0.4) is 0 Å². The molecular weight excluding hydrogens is 318 g/mol. The van der Waals surface area contributed by atoms with Crippen LogP contribution < -0.4 is 10.3 Å². The third kappa shape index (κ3) is 4.59. The molecule has 1 aromatic heterocycles. The topological polar surface area (TPSA) is 60.7 Å². The molecule has 0 fully saturated rings. The van der Waals surface area contributed by atoms with Crippen LogP contribution in [0.15, 0.2) is 59.5 Å². The monoisotopic (exact) mass is 343 g/mol. The number of ether oxygens (including phenoxy) is 2. The summed E-state index contributed by atoms with van der Waals surface area (Å²) in [6, 6.07) is 11.1. The fourth-order valence-corrected chi connectivity index (χ4v) is 2.80. The molecule has 0 aliphatic rings.